The molecule has 0 aliphatic heterocycles. The summed E-state index contributed by atoms with van der Waals surface area (Å²) in [6.45, 7) is 20.1. The zero-order valence-electron chi connectivity index (χ0n) is 17.9. The Kier molecular flexibility index (Phi) is 5.56. The van der Waals surface area contributed by atoms with E-state index in [0.717, 1.165) is 10.6 Å². The van der Waals surface area contributed by atoms with E-state index in [-0.39, 0.29) is 16.2 Å². The monoisotopic (exact) mass is 369 g/mol. The summed E-state index contributed by atoms with van der Waals surface area (Å²) in [5, 5.41) is 1.93. The van der Waals surface area contributed by atoms with Gasteiger partial charge < -0.3 is 0 Å². The minimum Gasteiger partial charge on any atom is -0.0619 e. The molecule has 1 atom stereocenters. The van der Waals surface area contributed by atoms with E-state index in [1.165, 1.54) is 16.7 Å². The molecule has 0 saturated heterocycles. The molecule has 0 N–H and O–H groups in total. The van der Waals surface area contributed by atoms with Crippen molar-refractivity contribution in [3.63, 3.8) is 0 Å². The highest BCUT2D eigenvalue weighted by Gasteiger charge is 2.39. The lowest BCUT2D eigenvalue weighted by atomic mass is 9.75. The summed E-state index contributed by atoms with van der Waals surface area (Å²) < 4.78 is 13.7. The first-order valence-corrected chi connectivity index (χ1v) is 10.7. The molecule has 1 nitrogen and oxygen atoms in total. The van der Waals surface area contributed by atoms with Gasteiger partial charge in [0.25, 0.3) is 0 Å². The lowest BCUT2D eigenvalue weighted by molar-refractivity contribution is 0.551. The molecule has 0 fully saturated rings. The first-order chi connectivity index (χ1) is 11.7. The van der Waals surface area contributed by atoms with Crippen molar-refractivity contribution in [3.05, 3.63) is 59.2 Å². The number of hydrogen-bond acceptors (Lipinski definition) is 1. The first-order valence-electron chi connectivity index (χ1n) is 9.45. The molecule has 2 heteroatoms. The molecular weight excluding hydrogens is 335 g/mol. The molecule has 0 spiro atoms. The second kappa shape index (κ2) is 6.93. The van der Waals surface area contributed by atoms with Gasteiger partial charge in [0.2, 0.25) is 5.30 Å². The molecular formula is C24H34OP+. The van der Waals surface area contributed by atoms with Crippen LogP contribution in [0.5, 0.6) is 0 Å². The van der Waals surface area contributed by atoms with Crippen LogP contribution in [0.2, 0.25) is 0 Å². The van der Waals surface area contributed by atoms with Gasteiger partial charge in [-0.3, -0.25) is 0 Å². The quantitative estimate of drug-likeness (QED) is 0.563. The second-order valence-electron chi connectivity index (χ2n) is 10.3. The molecule has 0 aromatic heterocycles. The summed E-state index contributed by atoms with van der Waals surface area (Å²) in [4.78, 5) is 0. The third-order valence-electron chi connectivity index (χ3n) is 4.79. The molecule has 0 radical (unpaired) electrons. The van der Waals surface area contributed by atoms with Gasteiger partial charge in [0.15, 0.2) is 5.30 Å². The highest BCUT2D eigenvalue weighted by molar-refractivity contribution is 7.61. The molecule has 2 rings (SSSR count). The smallest absolute Gasteiger partial charge is 0.0619 e. The molecule has 0 heterocycles. The minimum absolute atomic E-state index is 0.0525. The molecule has 0 amide bonds. The fourth-order valence-corrected chi connectivity index (χ4v) is 5.06. The van der Waals surface area contributed by atoms with E-state index in [1.54, 1.807) is 0 Å². The summed E-state index contributed by atoms with van der Waals surface area (Å²) in [6.07, 6.45) is 0. The van der Waals surface area contributed by atoms with Crippen LogP contribution in [0.25, 0.3) is 0 Å². The van der Waals surface area contributed by atoms with E-state index in [9.17, 15) is 4.57 Å². The Labute approximate surface area is 161 Å². The van der Waals surface area contributed by atoms with E-state index in [2.05, 4.69) is 74.4 Å². The fourth-order valence-electron chi connectivity index (χ4n) is 3.12. The van der Waals surface area contributed by atoms with Gasteiger partial charge in [0.1, 0.15) is 0 Å². The standard InChI is InChI=1S/C24H34OP/c1-22(2,3)17-15-19(23(4,5)6)21(20(16-17)24(7,8)9)26(25)18-13-11-10-12-14-18/h10-16H,1-9H3/q+1. The van der Waals surface area contributed by atoms with Crippen LogP contribution in [-0.4, -0.2) is 0 Å². The first kappa shape index (κ1) is 20.8. The Morgan fingerprint density at radius 2 is 1.08 bits per heavy atom. The maximum absolute atomic E-state index is 13.7. The number of hydrogen-bond donors (Lipinski definition) is 0. The van der Waals surface area contributed by atoms with Crippen molar-refractivity contribution >= 4 is 18.4 Å². The van der Waals surface area contributed by atoms with Gasteiger partial charge >= 0.3 is 7.80 Å². The maximum Gasteiger partial charge on any atom is 0.415 e. The van der Waals surface area contributed by atoms with Crippen molar-refractivity contribution in [1.29, 1.82) is 0 Å². The zero-order valence-corrected chi connectivity index (χ0v) is 18.8. The summed E-state index contributed by atoms with van der Waals surface area (Å²) in [5.41, 5.74) is 3.64. The molecule has 0 aliphatic rings. The molecule has 26 heavy (non-hydrogen) atoms. The van der Waals surface area contributed by atoms with Crippen molar-refractivity contribution in [2.24, 2.45) is 0 Å². The minimum atomic E-state index is -1.64. The van der Waals surface area contributed by atoms with Gasteiger partial charge in [0, 0.05) is 11.1 Å². The van der Waals surface area contributed by atoms with Gasteiger partial charge in [-0.25, -0.2) is 0 Å². The van der Waals surface area contributed by atoms with Crippen LogP contribution in [-0.2, 0) is 20.8 Å². The number of rotatable bonds is 2. The molecule has 140 valence electrons. The highest BCUT2D eigenvalue weighted by Crippen LogP contribution is 2.38. The van der Waals surface area contributed by atoms with Gasteiger partial charge in [0.05, 0.1) is 0 Å². The summed E-state index contributed by atoms with van der Waals surface area (Å²) >= 11 is 0. The van der Waals surface area contributed by atoms with Crippen LogP contribution in [0.3, 0.4) is 0 Å². The van der Waals surface area contributed by atoms with E-state index < -0.39 is 7.80 Å². The third-order valence-corrected chi connectivity index (χ3v) is 6.44. The van der Waals surface area contributed by atoms with Crippen LogP contribution in [0, 0.1) is 0 Å². The average molecular weight is 370 g/mol. The van der Waals surface area contributed by atoms with Crippen molar-refractivity contribution in [2.75, 3.05) is 0 Å². The largest absolute Gasteiger partial charge is 0.415 e. The van der Waals surface area contributed by atoms with Crippen LogP contribution in [0.4, 0.5) is 0 Å². The predicted octanol–water partition coefficient (Wildman–Crippen LogP) is 6.36. The van der Waals surface area contributed by atoms with Crippen LogP contribution < -0.4 is 10.6 Å². The Hall–Kier alpha value is -1.46. The molecule has 1 unspecified atom stereocenters. The van der Waals surface area contributed by atoms with E-state index in [0.29, 0.717) is 0 Å². The predicted molar refractivity (Wildman–Crippen MR) is 116 cm³/mol. The highest BCUT2D eigenvalue weighted by atomic mass is 31.1. The second-order valence-corrected chi connectivity index (χ2v) is 11.9. The van der Waals surface area contributed by atoms with Crippen LogP contribution in [0.1, 0.15) is 79.0 Å². The Morgan fingerprint density at radius 1 is 0.654 bits per heavy atom. The average Bonchev–Trinajstić information content (AvgIpc) is 2.51. The SMILES string of the molecule is CC(C)(C)c1cc(C(C)(C)C)c([P+](=O)c2ccccc2)c(C(C)(C)C)c1. The Bertz CT molecular complexity index is 762. The van der Waals surface area contributed by atoms with Crippen molar-refractivity contribution < 1.29 is 4.57 Å². The molecule has 2 aromatic carbocycles. The van der Waals surface area contributed by atoms with Gasteiger partial charge in [-0.2, -0.15) is 0 Å². The summed E-state index contributed by atoms with van der Waals surface area (Å²) in [6, 6.07) is 14.5. The number of benzene rings is 2. The zero-order chi connectivity index (χ0) is 19.9. The van der Waals surface area contributed by atoms with Crippen molar-refractivity contribution in [3.8, 4) is 0 Å². The Balaban J connectivity index is 2.90. The molecule has 0 bridgehead atoms. The van der Waals surface area contributed by atoms with E-state index in [4.69, 9.17) is 0 Å². The van der Waals surface area contributed by atoms with E-state index >= 15 is 0 Å². The lowest BCUT2D eigenvalue weighted by Gasteiger charge is -2.30. The van der Waals surface area contributed by atoms with Crippen molar-refractivity contribution in [2.45, 2.75) is 78.6 Å². The Morgan fingerprint density at radius 3 is 1.42 bits per heavy atom. The van der Waals surface area contributed by atoms with Gasteiger partial charge in [-0.15, -0.1) is 0 Å². The van der Waals surface area contributed by atoms with Crippen LogP contribution in [0.15, 0.2) is 42.5 Å². The molecule has 0 aliphatic carbocycles. The van der Waals surface area contributed by atoms with Gasteiger partial charge in [-0.1, -0.05) is 97.2 Å². The fraction of sp³-hybridized carbons (Fsp3) is 0.500. The van der Waals surface area contributed by atoms with Crippen molar-refractivity contribution in [1.82, 2.24) is 0 Å². The molecule has 2 aromatic rings. The summed E-state index contributed by atoms with van der Waals surface area (Å²) in [5.74, 6) is 0. The lowest BCUT2D eigenvalue weighted by Crippen LogP contribution is -2.32. The summed E-state index contributed by atoms with van der Waals surface area (Å²) in [7, 11) is -1.64. The maximum atomic E-state index is 13.7. The van der Waals surface area contributed by atoms with Gasteiger partial charge in [-0.05, 0) is 33.9 Å². The van der Waals surface area contributed by atoms with E-state index in [1.807, 2.05) is 30.3 Å². The topological polar surface area (TPSA) is 17.1 Å². The van der Waals surface area contributed by atoms with Crippen LogP contribution >= 0.6 is 7.80 Å². The normalized spacial score (nSPS) is 13.7. The molecule has 0 saturated carbocycles. The third kappa shape index (κ3) is 4.44.